The summed E-state index contributed by atoms with van der Waals surface area (Å²) in [5.41, 5.74) is 2.35. The summed E-state index contributed by atoms with van der Waals surface area (Å²) in [5.74, 6) is 0.835. The van der Waals surface area contributed by atoms with Crippen LogP contribution in [0, 0.1) is 5.92 Å². The summed E-state index contributed by atoms with van der Waals surface area (Å²) in [5, 5.41) is 4.68. The van der Waals surface area contributed by atoms with Gasteiger partial charge in [-0.1, -0.05) is 12.1 Å². The minimum absolute atomic E-state index is 0.533. The molecule has 0 spiro atoms. The average Bonchev–Trinajstić information content (AvgIpc) is 3.24. The SMILES string of the molecule is CNC(c1ccc(-c2ccc3ncccc3c2)s1)C1CC1. The highest BCUT2D eigenvalue weighted by atomic mass is 32.1. The second-order valence-corrected chi connectivity index (χ2v) is 6.83. The van der Waals surface area contributed by atoms with Gasteiger partial charge in [-0.25, -0.2) is 0 Å². The molecule has 3 heteroatoms. The van der Waals surface area contributed by atoms with Gasteiger partial charge in [-0.2, -0.15) is 0 Å². The number of hydrogen-bond acceptors (Lipinski definition) is 3. The van der Waals surface area contributed by atoms with Crippen LogP contribution < -0.4 is 5.32 Å². The first-order valence-electron chi connectivity index (χ1n) is 7.47. The summed E-state index contributed by atoms with van der Waals surface area (Å²) < 4.78 is 0. The first-order chi connectivity index (χ1) is 10.3. The monoisotopic (exact) mass is 294 g/mol. The number of hydrogen-bond donors (Lipinski definition) is 1. The molecule has 1 saturated carbocycles. The Morgan fingerprint density at radius 3 is 2.90 bits per heavy atom. The number of nitrogens with zero attached hydrogens (tertiary/aromatic N) is 1. The van der Waals surface area contributed by atoms with Crippen LogP contribution in [0.1, 0.15) is 23.8 Å². The van der Waals surface area contributed by atoms with E-state index in [0.717, 1.165) is 11.4 Å². The average molecular weight is 294 g/mol. The van der Waals surface area contributed by atoms with Crippen molar-refractivity contribution in [1.82, 2.24) is 10.3 Å². The van der Waals surface area contributed by atoms with Crippen LogP contribution in [0.5, 0.6) is 0 Å². The molecule has 2 heterocycles. The van der Waals surface area contributed by atoms with Crippen LogP contribution in [-0.2, 0) is 0 Å². The molecule has 1 N–H and O–H groups in total. The van der Waals surface area contributed by atoms with Crippen molar-refractivity contribution < 1.29 is 0 Å². The van der Waals surface area contributed by atoms with Gasteiger partial charge in [0.25, 0.3) is 0 Å². The van der Waals surface area contributed by atoms with E-state index < -0.39 is 0 Å². The molecule has 0 amide bonds. The van der Waals surface area contributed by atoms with Crippen molar-refractivity contribution in [2.45, 2.75) is 18.9 Å². The van der Waals surface area contributed by atoms with E-state index in [-0.39, 0.29) is 0 Å². The molecule has 0 saturated heterocycles. The fourth-order valence-electron chi connectivity index (χ4n) is 2.94. The molecule has 3 aromatic rings. The molecule has 0 aliphatic heterocycles. The number of thiophene rings is 1. The number of fused-ring (bicyclic) bond motifs is 1. The van der Waals surface area contributed by atoms with Gasteiger partial charge in [0.05, 0.1) is 5.52 Å². The van der Waals surface area contributed by atoms with Crippen LogP contribution >= 0.6 is 11.3 Å². The molecule has 1 unspecified atom stereocenters. The number of pyridine rings is 1. The third kappa shape index (κ3) is 2.47. The fraction of sp³-hybridized carbons (Fsp3) is 0.278. The van der Waals surface area contributed by atoms with Crippen LogP contribution in [0.4, 0.5) is 0 Å². The quantitative estimate of drug-likeness (QED) is 0.758. The van der Waals surface area contributed by atoms with Crippen LogP contribution in [0.3, 0.4) is 0 Å². The van der Waals surface area contributed by atoms with Gasteiger partial charge < -0.3 is 5.32 Å². The highest BCUT2D eigenvalue weighted by Crippen LogP contribution is 2.44. The Bertz CT molecular complexity index is 773. The zero-order valence-electron chi connectivity index (χ0n) is 12.0. The summed E-state index contributed by atoms with van der Waals surface area (Å²) in [6.45, 7) is 0. The minimum atomic E-state index is 0.533. The van der Waals surface area contributed by atoms with Crippen LogP contribution in [0.15, 0.2) is 48.7 Å². The minimum Gasteiger partial charge on any atom is -0.312 e. The lowest BCUT2D eigenvalue weighted by Gasteiger charge is -2.12. The molecule has 2 nitrogen and oxygen atoms in total. The molecule has 0 radical (unpaired) electrons. The van der Waals surface area contributed by atoms with Gasteiger partial charge in [-0.05, 0) is 61.7 Å². The van der Waals surface area contributed by atoms with E-state index in [9.17, 15) is 0 Å². The largest absolute Gasteiger partial charge is 0.312 e. The highest BCUT2D eigenvalue weighted by molar-refractivity contribution is 7.15. The van der Waals surface area contributed by atoms with Gasteiger partial charge in [-0.3, -0.25) is 4.98 Å². The topological polar surface area (TPSA) is 24.9 Å². The molecule has 1 aromatic carbocycles. The summed E-state index contributed by atoms with van der Waals surface area (Å²) in [6.07, 6.45) is 4.57. The normalized spacial score (nSPS) is 16.2. The third-order valence-electron chi connectivity index (χ3n) is 4.23. The first kappa shape index (κ1) is 13.0. The maximum Gasteiger partial charge on any atom is 0.0702 e. The molecule has 21 heavy (non-hydrogen) atoms. The van der Waals surface area contributed by atoms with Gasteiger partial charge in [0, 0.05) is 27.4 Å². The molecule has 1 atom stereocenters. The zero-order chi connectivity index (χ0) is 14.2. The molecule has 106 valence electrons. The van der Waals surface area contributed by atoms with Gasteiger partial charge in [0.2, 0.25) is 0 Å². The maximum absolute atomic E-state index is 4.39. The first-order valence-corrected chi connectivity index (χ1v) is 8.29. The van der Waals surface area contributed by atoms with Gasteiger partial charge in [-0.15, -0.1) is 11.3 Å². The zero-order valence-corrected chi connectivity index (χ0v) is 12.9. The Labute approximate surface area is 128 Å². The molecule has 2 aromatic heterocycles. The Hall–Kier alpha value is -1.71. The summed E-state index contributed by atoms with van der Waals surface area (Å²) >= 11 is 1.91. The lowest BCUT2D eigenvalue weighted by atomic mass is 10.1. The van der Waals surface area contributed by atoms with Crippen molar-refractivity contribution in [3.05, 3.63) is 53.5 Å². The second-order valence-electron chi connectivity index (χ2n) is 5.72. The molecule has 1 aliphatic rings. The molecule has 4 rings (SSSR count). The van der Waals surface area contributed by atoms with E-state index in [1.54, 1.807) is 0 Å². The fourth-order valence-corrected chi connectivity index (χ4v) is 4.15. The van der Waals surface area contributed by atoms with Crippen molar-refractivity contribution in [2.24, 2.45) is 5.92 Å². The van der Waals surface area contributed by atoms with Gasteiger partial charge in [0.1, 0.15) is 0 Å². The summed E-state index contributed by atoms with van der Waals surface area (Å²) in [6, 6.07) is 15.7. The van der Waals surface area contributed by atoms with Crippen LogP contribution in [0.25, 0.3) is 21.3 Å². The van der Waals surface area contributed by atoms with Crippen LogP contribution in [-0.4, -0.2) is 12.0 Å². The Kier molecular flexibility index (Phi) is 3.24. The Balaban J connectivity index is 1.70. The van der Waals surface area contributed by atoms with Gasteiger partial charge in [0.15, 0.2) is 0 Å². The van der Waals surface area contributed by atoms with Crippen molar-refractivity contribution in [1.29, 1.82) is 0 Å². The lowest BCUT2D eigenvalue weighted by molar-refractivity contribution is 0.537. The van der Waals surface area contributed by atoms with E-state index in [4.69, 9.17) is 0 Å². The van der Waals surface area contributed by atoms with E-state index in [1.165, 1.54) is 33.5 Å². The summed E-state index contributed by atoms with van der Waals surface area (Å²) in [7, 11) is 2.07. The van der Waals surface area contributed by atoms with Gasteiger partial charge >= 0.3 is 0 Å². The number of aromatic nitrogens is 1. The van der Waals surface area contributed by atoms with Crippen molar-refractivity contribution in [2.75, 3.05) is 7.05 Å². The molecular weight excluding hydrogens is 276 g/mol. The van der Waals surface area contributed by atoms with E-state index in [1.807, 2.05) is 23.6 Å². The molecule has 0 bridgehead atoms. The van der Waals surface area contributed by atoms with Crippen molar-refractivity contribution in [3.8, 4) is 10.4 Å². The third-order valence-corrected chi connectivity index (χ3v) is 5.44. The predicted molar refractivity (Wildman–Crippen MR) is 89.6 cm³/mol. The maximum atomic E-state index is 4.39. The smallest absolute Gasteiger partial charge is 0.0702 e. The predicted octanol–water partition coefficient (Wildman–Crippen LogP) is 4.63. The Morgan fingerprint density at radius 1 is 1.19 bits per heavy atom. The number of benzene rings is 1. The summed E-state index contributed by atoms with van der Waals surface area (Å²) in [4.78, 5) is 7.19. The number of rotatable bonds is 4. The standard InChI is InChI=1S/C18H18N2S/c1-19-18(12-4-5-12)17-9-8-16(21-17)14-6-7-15-13(11-14)3-2-10-20-15/h2-3,6-12,18-19H,4-5H2,1H3. The molecule has 1 fully saturated rings. The van der Waals surface area contributed by atoms with E-state index in [2.05, 4.69) is 53.7 Å². The second kappa shape index (κ2) is 5.24. The van der Waals surface area contributed by atoms with E-state index >= 15 is 0 Å². The molecular formula is C18H18N2S. The van der Waals surface area contributed by atoms with E-state index in [0.29, 0.717) is 6.04 Å². The highest BCUT2D eigenvalue weighted by Gasteiger charge is 2.32. The number of nitrogens with one attached hydrogen (secondary N) is 1. The van der Waals surface area contributed by atoms with Crippen molar-refractivity contribution in [3.63, 3.8) is 0 Å². The van der Waals surface area contributed by atoms with Crippen molar-refractivity contribution >= 4 is 22.2 Å². The van der Waals surface area contributed by atoms with Crippen LogP contribution in [0.2, 0.25) is 0 Å². The Morgan fingerprint density at radius 2 is 2.10 bits per heavy atom. The molecule has 1 aliphatic carbocycles. The lowest BCUT2D eigenvalue weighted by Crippen LogP contribution is -2.16.